The van der Waals surface area contributed by atoms with Gasteiger partial charge >= 0.3 is 0 Å². The van der Waals surface area contributed by atoms with Crippen LogP contribution in [-0.2, 0) is 11.3 Å². The van der Waals surface area contributed by atoms with Gasteiger partial charge < -0.3 is 51.2 Å². The second-order valence-electron chi connectivity index (χ2n) is 8.45. The molecule has 13 nitrogen and oxygen atoms in total. The molecule has 13 heteroatoms. The number of carbonyl (C=O) groups excluding carboxylic acids is 2. The molecule has 0 amide bonds. The quantitative estimate of drug-likeness (QED) is 0.125. The largest absolute Gasteiger partial charge is 0.486 e. The first-order valence-electron chi connectivity index (χ1n) is 11.3. The fraction of sp³-hybridized carbons (Fsp3) is 0.375. The van der Waals surface area contributed by atoms with E-state index >= 15 is 0 Å². The van der Waals surface area contributed by atoms with E-state index in [1.165, 1.54) is 18.2 Å². The topological polar surface area (TPSA) is 227 Å². The van der Waals surface area contributed by atoms with Crippen LogP contribution >= 0.6 is 0 Å². The van der Waals surface area contributed by atoms with Gasteiger partial charge in [-0.1, -0.05) is 24.3 Å². The van der Waals surface area contributed by atoms with Gasteiger partial charge in [-0.05, 0) is 6.07 Å². The molecule has 1 heterocycles. The third kappa shape index (κ3) is 4.87. The van der Waals surface area contributed by atoms with Gasteiger partial charge in [0.2, 0.25) is 6.29 Å². The van der Waals surface area contributed by atoms with E-state index in [-0.39, 0.29) is 58.4 Å². The Morgan fingerprint density at radius 1 is 0.946 bits per heavy atom. The van der Waals surface area contributed by atoms with Crippen LogP contribution in [0, 0.1) is 0 Å². The van der Waals surface area contributed by atoms with Gasteiger partial charge in [0, 0.05) is 22.3 Å². The van der Waals surface area contributed by atoms with E-state index in [9.17, 15) is 35.1 Å². The number of aliphatic hydroxyl groups is 5. The third-order valence-corrected chi connectivity index (χ3v) is 6.05. The molecule has 0 saturated carbocycles. The van der Waals surface area contributed by atoms with E-state index in [0.717, 1.165) is 0 Å². The molecule has 198 valence electrons. The summed E-state index contributed by atoms with van der Waals surface area (Å²) in [5, 5.41) is 49.7. The minimum atomic E-state index is -1.78. The maximum atomic E-state index is 13.5. The molecule has 2 aliphatic rings. The first-order valence-corrected chi connectivity index (χ1v) is 11.3. The molecular formula is C24H27N3O10. The molecule has 1 fully saturated rings. The van der Waals surface area contributed by atoms with E-state index < -0.39 is 55.5 Å². The molecule has 5 atom stereocenters. The highest BCUT2D eigenvalue weighted by molar-refractivity contribution is 6.29. The van der Waals surface area contributed by atoms with Crippen molar-refractivity contribution in [2.45, 2.75) is 37.3 Å². The number of aliphatic imine (C=N–C) groups is 1. The van der Waals surface area contributed by atoms with Gasteiger partial charge in [0.1, 0.15) is 31.0 Å². The van der Waals surface area contributed by atoms with Crippen LogP contribution in [0.15, 0.2) is 35.3 Å². The van der Waals surface area contributed by atoms with Crippen LogP contribution < -0.4 is 20.9 Å². The number of ketones is 2. The predicted octanol–water partition coefficient (Wildman–Crippen LogP) is -2.21. The Hall–Kier alpha value is -3.59. The standard InChI is InChI=1S/C24H27N3O10/c25-24(26)27-8-10-7-13-15(17(31)12-4-2-1-3-11(12)16(13)30)22(35-6-5-28)21(10)37-23-20(34)19(33)18(32)14(9-29)36-23/h1-4,7,14,18-20,23,28-29,32-34H,5-6,8-9H2,(H4,25,26,27)/t14-,18-,19+,20-,23+/m0/s1. The Morgan fingerprint density at radius 2 is 1.62 bits per heavy atom. The fourth-order valence-corrected chi connectivity index (χ4v) is 4.25. The number of guanidine groups is 1. The number of hydrogen-bond donors (Lipinski definition) is 7. The second kappa shape index (κ2) is 10.8. The van der Waals surface area contributed by atoms with Crippen molar-refractivity contribution < 1.29 is 49.3 Å². The van der Waals surface area contributed by atoms with Gasteiger partial charge in [-0.15, -0.1) is 0 Å². The number of fused-ring (bicyclic) bond motifs is 2. The Bertz CT molecular complexity index is 1230. The minimum absolute atomic E-state index is 0.0152. The van der Waals surface area contributed by atoms with Crippen molar-refractivity contribution in [3.05, 3.63) is 58.1 Å². The normalized spacial score (nSPS) is 24.7. The lowest BCUT2D eigenvalue weighted by Crippen LogP contribution is -2.60. The van der Waals surface area contributed by atoms with Gasteiger partial charge in [0.05, 0.1) is 25.3 Å². The summed E-state index contributed by atoms with van der Waals surface area (Å²) in [5.74, 6) is -1.75. The summed E-state index contributed by atoms with van der Waals surface area (Å²) >= 11 is 0. The van der Waals surface area contributed by atoms with E-state index in [1.54, 1.807) is 12.1 Å². The summed E-state index contributed by atoms with van der Waals surface area (Å²) in [5.41, 5.74) is 11.3. The first kappa shape index (κ1) is 26.5. The van der Waals surface area contributed by atoms with Crippen molar-refractivity contribution in [1.82, 2.24) is 0 Å². The molecule has 0 unspecified atom stereocenters. The summed E-state index contributed by atoms with van der Waals surface area (Å²) < 4.78 is 17.0. The molecule has 37 heavy (non-hydrogen) atoms. The average Bonchev–Trinajstić information content (AvgIpc) is 2.89. The number of carbonyl (C=O) groups is 2. The molecular weight excluding hydrogens is 490 g/mol. The van der Waals surface area contributed by atoms with Crippen molar-refractivity contribution in [3.63, 3.8) is 0 Å². The van der Waals surface area contributed by atoms with Gasteiger partial charge in [-0.3, -0.25) is 9.59 Å². The van der Waals surface area contributed by atoms with Crippen LogP contribution in [0.5, 0.6) is 11.5 Å². The molecule has 9 N–H and O–H groups in total. The van der Waals surface area contributed by atoms with Gasteiger partial charge in [-0.25, -0.2) is 4.99 Å². The molecule has 0 bridgehead atoms. The van der Waals surface area contributed by atoms with E-state index in [4.69, 9.17) is 25.7 Å². The number of aliphatic hydroxyl groups excluding tert-OH is 5. The van der Waals surface area contributed by atoms with Crippen LogP contribution in [0.2, 0.25) is 0 Å². The van der Waals surface area contributed by atoms with Crippen LogP contribution in [0.25, 0.3) is 0 Å². The highest BCUT2D eigenvalue weighted by Crippen LogP contribution is 2.43. The number of hydrogen-bond acceptors (Lipinski definition) is 11. The summed E-state index contributed by atoms with van der Waals surface area (Å²) in [4.78, 5) is 30.8. The van der Waals surface area contributed by atoms with Crippen LogP contribution in [-0.4, -0.2) is 93.6 Å². The number of nitrogens with zero attached hydrogens (tertiary/aromatic N) is 1. The number of ether oxygens (including phenoxy) is 3. The average molecular weight is 517 g/mol. The smallest absolute Gasteiger partial charge is 0.229 e. The lowest BCUT2D eigenvalue weighted by atomic mass is 9.82. The van der Waals surface area contributed by atoms with Crippen molar-refractivity contribution >= 4 is 17.5 Å². The van der Waals surface area contributed by atoms with Crippen molar-refractivity contribution in [2.24, 2.45) is 16.5 Å². The van der Waals surface area contributed by atoms with Crippen LogP contribution in [0.3, 0.4) is 0 Å². The summed E-state index contributed by atoms with van der Waals surface area (Å²) in [6.07, 6.45) is -8.09. The number of nitrogens with two attached hydrogens (primary N) is 2. The third-order valence-electron chi connectivity index (χ3n) is 6.05. The van der Waals surface area contributed by atoms with Crippen molar-refractivity contribution in [3.8, 4) is 11.5 Å². The summed E-state index contributed by atoms with van der Waals surface area (Å²) in [6, 6.07) is 7.57. The zero-order chi connectivity index (χ0) is 26.9. The predicted molar refractivity (Wildman–Crippen MR) is 126 cm³/mol. The molecule has 0 radical (unpaired) electrons. The zero-order valence-corrected chi connectivity index (χ0v) is 19.5. The Kier molecular flexibility index (Phi) is 7.73. The molecule has 0 spiro atoms. The van der Waals surface area contributed by atoms with Crippen molar-refractivity contribution in [2.75, 3.05) is 19.8 Å². The molecule has 1 aliphatic heterocycles. The highest BCUT2D eigenvalue weighted by Gasteiger charge is 2.46. The van der Waals surface area contributed by atoms with E-state index in [1.807, 2.05) is 0 Å². The lowest BCUT2D eigenvalue weighted by molar-refractivity contribution is -0.277. The zero-order valence-electron chi connectivity index (χ0n) is 19.5. The number of rotatable bonds is 8. The molecule has 2 aromatic carbocycles. The highest BCUT2D eigenvalue weighted by atomic mass is 16.7. The van der Waals surface area contributed by atoms with Gasteiger partial charge in [0.25, 0.3) is 0 Å². The van der Waals surface area contributed by atoms with E-state index in [0.29, 0.717) is 0 Å². The minimum Gasteiger partial charge on any atom is -0.486 e. The Balaban J connectivity index is 1.90. The lowest BCUT2D eigenvalue weighted by Gasteiger charge is -2.40. The van der Waals surface area contributed by atoms with Gasteiger partial charge in [0.15, 0.2) is 29.0 Å². The molecule has 4 rings (SSSR count). The van der Waals surface area contributed by atoms with Crippen LogP contribution in [0.1, 0.15) is 37.4 Å². The maximum absolute atomic E-state index is 13.5. The maximum Gasteiger partial charge on any atom is 0.229 e. The Labute approximate surface area is 210 Å². The fourth-order valence-electron chi connectivity index (χ4n) is 4.25. The van der Waals surface area contributed by atoms with Crippen LogP contribution in [0.4, 0.5) is 0 Å². The second-order valence-corrected chi connectivity index (χ2v) is 8.45. The monoisotopic (exact) mass is 517 g/mol. The Morgan fingerprint density at radius 3 is 2.24 bits per heavy atom. The SMILES string of the molecule is NC(N)=NCc1cc2c(c(OCCO)c1O[C@H]1O[C@@H](CO)[C@H](O)[C@@H](O)[C@@H]1O)C(=O)c1ccccc1C2=O. The molecule has 1 saturated heterocycles. The summed E-state index contributed by atoms with van der Waals surface area (Å²) in [7, 11) is 0. The van der Waals surface area contributed by atoms with E-state index in [2.05, 4.69) is 4.99 Å². The number of benzene rings is 2. The van der Waals surface area contributed by atoms with Crippen molar-refractivity contribution in [1.29, 1.82) is 0 Å². The molecule has 2 aromatic rings. The summed E-state index contributed by atoms with van der Waals surface area (Å²) in [6.45, 7) is -1.70. The van der Waals surface area contributed by atoms with Gasteiger partial charge in [-0.2, -0.15) is 0 Å². The first-order chi connectivity index (χ1) is 17.7. The molecule has 0 aromatic heterocycles. The molecule has 1 aliphatic carbocycles.